The van der Waals surface area contributed by atoms with Crippen molar-refractivity contribution in [1.29, 1.82) is 0 Å². The van der Waals surface area contributed by atoms with Crippen LogP contribution in [-0.4, -0.2) is 33.7 Å². The highest BCUT2D eigenvalue weighted by molar-refractivity contribution is 6.30. The molecule has 0 spiro atoms. The first-order chi connectivity index (χ1) is 11.7. The van der Waals surface area contributed by atoms with E-state index in [4.69, 9.17) is 16.3 Å². The third kappa shape index (κ3) is 2.91. The van der Waals surface area contributed by atoms with Gasteiger partial charge in [0.05, 0.1) is 22.9 Å². The van der Waals surface area contributed by atoms with Crippen molar-refractivity contribution < 1.29 is 4.74 Å². The maximum Gasteiger partial charge on any atom is 0.225 e. The van der Waals surface area contributed by atoms with Gasteiger partial charge in [-0.25, -0.2) is 9.97 Å². The smallest absolute Gasteiger partial charge is 0.225 e. The highest BCUT2D eigenvalue weighted by Crippen LogP contribution is 2.29. The summed E-state index contributed by atoms with van der Waals surface area (Å²) in [5.41, 5.74) is 1.19. The van der Waals surface area contributed by atoms with E-state index < -0.39 is 0 Å². The van der Waals surface area contributed by atoms with E-state index in [0.29, 0.717) is 5.02 Å². The molecule has 1 aliphatic heterocycles. The van der Waals surface area contributed by atoms with Gasteiger partial charge in [0.15, 0.2) is 0 Å². The Hall–Kier alpha value is -2.27. The Bertz CT molecular complexity index is 838. The van der Waals surface area contributed by atoms with E-state index >= 15 is 0 Å². The maximum atomic E-state index is 6.28. The normalized spacial score (nSPS) is 15.8. The number of aryl methyl sites for hydroxylation is 1. The molecular formula is C18H19ClN4O. The molecule has 3 heterocycles. The number of aromatic nitrogens is 3. The third-order valence-corrected chi connectivity index (χ3v) is 4.71. The molecule has 4 rings (SSSR count). The van der Waals surface area contributed by atoms with Gasteiger partial charge < -0.3 is 14.2 Å². The average Bonchev–Trinajstić information content (AvgIpc) is 2.99. The highest BCUT2D eigenvalue weighted by atomic mass is 35.5. The standard InChI is InChI=1S/C18H19ClN4O/c1-22-8-7-15-16(22)3-2-4-17(15)24-14-5-9-23(10-6-14)18-20-11-13(19)12-21-18/h2-4,7-8,11-12,14H,5-6,9-10H2,1H3. The van der Waals surface area contributed by atoms with E-state index in [-0.39, 0.29) is 6.10 Å². The molecule has 2 aromatic heterocycles. The number of hydrogen-bond acceptors (Lipinski definition) is 4. The van der Waals surface area contributed by atoms with Crippen LogP contribution in [0.1, 0.15) is 12.8 Å². The summed E-state index contributed by atoms with van der Waals surface area (Å²) in [6, 6.07) is 8.33. The summed E-state index contributed by atoms with van der Waals surface area (Å²) >= 11 is 5.85. The molecule has 0 N–H and O–H groups in total. The van der Waals surface area contributed by atoms with Crippen molar-refractivity contribution in [2.75, 3.05) is 18.0 Å². The lowest BCUT2D eigenvalue weighted by molar-refractivity contribution is 0.172. The van der Waals surface area contributed by atoms with Gasteiger partial charge in [-0.3, -0.25) is 0 Å². The molecule has 1 aliphatic rings. The van der Waals surface area contributed by atoms with Crippen LogP contribution in [0.3, 0.4) is 0 Å². The van der Waals surface area contributed by atoms with Gasteiger partial charge in [-0.15, -0.1) is 0 Å². The number of nitrogens with zero attached hydrogens (tertiary/aromatic N) is 4. The fraction of sp³-hybridized carbons (Fsp3) is 0.333. The number of piperidine rings is 1. The van der Waals surface area contributed by atoms with Crippen LogP contribution in [0.15, 0.2) is 42.9 Å². The molecule has 0 aliphatic carbocycles. The lowest BCUT2D eigenvalue weighted by Gasteiger charge is -2.32. The van der Waals surface area contributed by atoms with Gasteiger partial charge in [0, 0.05) is 44.6 Å². The zero-order valence-corrected chi connectivity index (χ0v) is 14.3. The molecule has 1 saturated heterocycles. The second-order valence-electron chi connectivity index (χ2n) is 6.12. The number of fused-ring (bicyclic) bond motifs is 1. The molecule has 5 nitrogen and oxygen atoms in total. The molecule has 0 unspecified atom stereocenters. The summed E-state index contributed by atoms with van der Waals surface area (Å²) in [4.78, 5) is 10.8. The zero-order chi connectivity index (χ0) is 16.5. The van der Waals surface area contributed by atoms with Gasteiger partial charge >= 0.3 is 0 Å². The summed E-state index contributed by atoms with van der Waals surface area (Å²) in [5.74, 6) is 1.71. The van der Waals surface area contributed by atoms with Crippen LogP contribution in [0.5, 0.6) is 5.75 Å². The van der Waals surface area contributed by atoms with E-state index in [0.717, 1.165) is 37.6 Å². The van der Waals surface area contributed by atoms with Crippen LogP contribution in [0, 0.1) is 0 Å². The fourth-order valence-electron chi connectivity index (χ4n) is 3.20. The van der Waals surface area contributed by atoms with Gasteiger partial charge in [0.1, 0.15) is 11.9 Å². The Kier molecular flexibility index (Phi) is 4.02. The molecule has 3 aromatic rings. The number of halogens is 1. The summed E-state index contributed by atoms with van der Waals surface area (Å²) in [6.07, 6.45) is 7.48. The molecule has 0 amide bonds. The second kappa shape index (κ2) is 6.32. The average molecular weight is 343 g/mol. The molecule has 124 valence electrons. The topological polar surface area (TPSA) is 43.2 Å². The SMILES string of the molecule is Cn1ccc2c(OC3CCN(c4ncc(Cl)cn4)CC3)cccc21. The van der Waals surface area contributed by atoms with Crippen LogP contribution in [0.2, 0.25) is 5.02 Å². The molecule has 24 heavy (non-hydrogen) atoms. The van der Waals surface area contributed by atoms with Crippen molar-refractivity contribution in [3.05, 3.63) is 47.9 Å². The van der Waals surface area contributed by atoms with E-state index in [1.165, 1.54) is 10.9 Å². The Labute approximate surface area is 145 Å². The van der Waals surface area contributed by atoms with Gasteiger partial charge in [-0.2, -0.15) is 0 Å². The van der Waals surface area contributed by atoms with E-state index in [1.807, 2.05) is 6.07 Å². The Balaban J connectivity index is 1.43. The van der Waals surface area contributed by atoms with Gasteiger partial charge in [0.25, 0.3) is 0 Å². The van der Waals surface area contributed by atoms with Crippen LogP contribution >= 0.6 is 11.6 Å². The number of benzene rings is 1. The first-order valence-corrected chi connectivity index (χ1v) is 8.52. The van der Waals surface area contributed by atoms with Gasteiger partial charge in [0.2, 0.25) is 5.95 Å². The zero-order valence-electron chi connectivity index (χ0n) is 13.5. The Morgan fingerprint density at radius 1 is 1.12 bits per heavy atom. The first-order valence-electron chi connectivity index (χ1n) is 8.14. The van der Waals surface area contributed by atoms with Crippen molar-refractivity contribution in [2.24, 2.45) is 7.05 Å². The van der Waals surface area contributed by atoms with Crippen molar-refractivity contribution in [3.63, 3.8) is 0 Å². The van der Waals surface area contributed by atoms with Crippen LogP contribution < -0.4 is 9.64 Å². The third-order valence-electron chi connectivity index (χ3n) is 4.51. The molecule has 6 heteroatoms. The minimum Gasteiger partial charge on any atom is -0.490 e. The molecule has 0 radical (unpaired) electrons. The minimum atomic E-state index is 0.222. The van der Waals surface area contributed by atoms with Crippen LogP contribution in [0.4, 0.5) is 5.95 Å². The fourth-order valence-corrected chi connectivity index (χ4v) is 3.30. The predicted molar refractivity (Wildman–Crippen MR) is 95.8 cm³/mol. The quantitative estimate of drug-likeness (QED) is 0.728. The molecule has 0 atom stereocenters. The van der Waals surface area contributed by atoms with E-state index in [9.17, 15) is 0 Å². The minimum absolute atomic E-state index is 0.222. The van der Waals surface area contributed by atoms with Crippen LogP contribution in [-0.2, 0) is 7.05 Å². The van der Waals surface area contributed by atoms with Gasteiger partial charge in [-0.05, 0) is 18.2 Å². The number of anilines is 1. The Morgan fingerprint density at radius 2 is 1.88 bits per heavy atom. The maximum absolute atomic E-state index is 6.28. The number of ether oxygens (including phenoxy) is 1. The predicted octanol–water partition coefficient (Wildman–Crippen LogP) is 3.67. The Morgan fingerprint density at radius 3 is 2.62 bits per heavy atom. The van der Waals surface area contributed by atoms with Gasteiger partial charge in [-0.1, -0.05) is 17.7 Å². The monoisotopic (exact) mass is 342 g/mol. The highest BCUT2D eigenvalue weighted by Gasteiger charge is 2.22. The van der Waals surface area contributed by atoms with Crippen molar-refractivity contribution >= 4 is 28.5 Å². The second-order valence-corrected chi connectivity index (χ2v) is 6.56. The van der Waals surface area contributed by atoms with E-state index in [1.54, 1.807) is 12.4 Å². The number of rotatable bonds is 3. The summed E-state index contributed by atoms with van der Waals surface area (Å²) in [5, 5.41) is 1.73. The summed E-state index contributed by atoms with van der Waals surface area (Å²) in [7, 11) is 2.05. The first kappa shape index (κ1) is 15.3. The molecular weight excluding hydrogens is 324 g/mol. The lowest BCUT2D eigenvalue weighted by Crippen LogP contribution is -2.39. The molecule has 0 bridgehead atoms. The molecule has 1 fully saturated rings. The molecule has 0 saturated carbocycles. The number of hydrogen-bond donors (Lipinski definition) is 0. The van der Waals surface area contributed by atoms with Crippen molar-refractivity contribution in [1.82, 2.24) is 14.5 Å². The van der Waals surface area contributed by atoms with Crippen molar-refractivity contribution in [2.45, 2.75) is 18.9 Å². The van der Waals surface area contributed by atoms with Crippen LogP contribution in [0.25, 0.3) is 10.9 Å². The summed E-state index contributed by atoms with van der Waals surface area (Å²) in [6.45, 7) is 1.77. The largest absolute Gasteiger partial charge is 0.490 e. The summed E-state index contributed by atoms with van der Waals surface area (Å²) < 4.78 is 8.40. The lowest BCUT2D eigenvalue weighted by atomic mass is 10.1. The van der Waals surface area contributed by atoms with E-state index in [2.05, 4.69) is 50.9 Å². The molecule has 1 aromatic carbocycles. The van der Waals surface area contributed by atoms with Crippen molar-refractivity contribution in [3.8, 4) is 5.75 Å².